The molecule has 0 unspecified atom stereocenters. The van der Waals surface area contributed by atoms with Crippen LogP contribution in [-0.2, 0) is 10.0 Å². The minimum absolute atomic E-state index is 0.143. The van der Waals surface area contributed by atoms with Crippen molar-refractivity contribution >= 4 is 15.9 Å². The molecular formula is C18H28N2O4S. The Bertz CT molecular complexity index is 695. The standard InChI is InChI=1S/C18H28N2O4S/c1-14(2)9-10-19-18(21)16-13-15(7-8-17(16)24-3)25(22,23)20-11-5-4-6-12-20/h7-8,13-14H,4-6,9-12H2,1-3H3,(H,19,21). The highest BCUT2D eigenvalue weighted by Crippen LogP contribution is 2.26. The summed E-state index contributed by atoms with van der Waals surface area (Å²) < 4.78 is 32.4. The number of rotatable bonds is 7. The summed E-state index contributed by atoms with van der Waals surface area (Å²) in [6.07, 6.45) is 3.66. The summed E-state index contributed by atoms with van der Waals surface area (Å²) in [4.78, 5) is 12.6. The van der Waals surface area contributed by atoms with Crippen molar-refractivity contribution in [2.75, 3.05) is 26.7 Å². The number of nitrogens with one attached hydrogen (secondary N) is 1. The maximum Gasteiger partial charge on any atom is 0.255 e. The minimum atomic E-state index is -3.58. The molecule has 2 rings (SSSR count). The van der Waals surface area contributed by atoms with Gasteiger partial charge in [0.2, 0.25) is 10.0 Å². The second kappa shape index (κ2) is 8.67. The lowest BCUT2D eigenvalue weighted by Crippen LogP contribution is -2.35. The van der Waals surface area contributed by atoms with Crippen molar-refractivity contribution in [2.24, 2.45) is 5.92 Å². The first-order valence-corrected chi connectivity index (χ1v) is 10.3. The van der Waals surface area contributed by atoms with Gasteiger partial charge in [0.25, 0.3) is 5.91 Å². The van der Waals surface area contributed by atoms with Gasteiger partial charge < -0.3 is 10.1 Å². The van der Waals surface area contributed by atoms with Crippen molar-refractivity contribution in [3.63, 3.8) is 0 Å². The van der Waals surface area contributed by atoms with Crippen LogP contribution in [0.2, 0.25) is 0 Å². The Balaban J connectivity index is 2.25. The van der Waals surface area contributed by atoms with E-state index in [0.717, 1.165) is 25.7 Å². The maximum absolute atomic E-state index is 12.8. The molecule has 1 saturated heterocycles. The summed E-state index contributed by atoms with van der Waals surface area (Å²) in [5.74, 6) is 0.542. The summed E-state index contributed by atoms with van der Waals surface area (Å²) in [5.41, 5.74) is 0.254. The second-order valence-corrected chi connectivity index (χ2v) is 8.70. The van der Waals surface area contributed by atoms with E-state index in [0.29, 0.717) is 31.3 Å². The van der Waals surface area contributed by atoms with E-state index in [1.165, 1.54) is 23.5 Å². The number of hydrogen-bond acceptors (Lipinski definition) is 4. The fourth-order valence-corrected chi connectivity index (χ4v) is 4.39. The van der Waals surface area contributed by atoms with Crippen LogP contribution in [0.15, 0.2) is 23.1 Å². The number of amides is 1. The first-order chi connectivity index (χ1) is 11.9. The van der Waals surface area contributed by atoms with Crippen LogP contribution in [0.3, 0.4) is 0 Å². The molecule has 6 nitrogen and oxygen atoms in total. The lowest BCUT2D eigenvalue weighted by molar-refractivity contribution is 0.0948. The predicted octanol–water partition coefficient (Wildman–Crippen LogP) is 2.65. The molecule has 0 spiro atoms. The van der Waals surface area contributed by atoms with E-state index < -0.39 is 10.0 Å². The van der Waals surface area contributed by atoms with E-state index in [-0.39, 0.29) is 16.4 Å². The monoisotopic (exact) mass is 368 g/mol. The Labute approximate surface area is 150 Å². The highest BCUT2D eigenvalue weighted by molar-refractivity contribution is 7.89. The van der Waals surface area contributed by atoms with Crippen LogP contribution in [-0.4, -0.2) is 45.4 Å². The van der Waals surface area contributed by atoms with E-state index in [1.54, 1.807) is 6.07 Å². The Morgan fingerprint density at radius 1 is 1.24 bits per heavy atom. The Kier molecular flexibility index (Phi) is 6.84. The zero-order valence-corrected chi connectivity index (χ0v) is 16.1. The van der Waals surface area contributed by atoms with Gasteiger partial charge in [0.1, 0.15) is 5.75 Å². The van der Waals surface area contributed by atoms with Gasteiger partial charge in [0, 0.05) is 19.6 Å². The highest BCUT2D eigenvalue weighted by atomic mass is 32.2. The largest absolute Gasteiger partial charge is 0.496 e. The first kappa shape index (κ1) is 19.7. The zero-order valence-electron chi connectivity index (χ0n) is 15.2. The molecule has 0 bridgehead atoms. The van der Waals surface area contributed by atoms with Crippen LogP contribution in [0.4, 0.5) is 0 Å². The van der Waals surface area contributed by atoms with Crippen LogP contribution in [0, 0.1) is 5.92 Å². The van der Waals surface area contributed by atoms with Crippen molar-refractivity contribution < 1.29 is 17.9 Å². The fraction of sp³-hybridized carbons (Fsp3) is 0.611. The van der Waals surface area contributed by atoms with Gasteiger partial charge in [0.15, 0.2) is 0 Å². The Morgan fingerprint density at radius 3 is 2.52 bits per heavy atom. The van der Waals surface area contributed by atoms with Crippen molar-refractivity contribution in [3.8, 4) is 5.75 Å². The van der Waals surface area contributed by atoms with Gasteiger partial charge in [-0.05, 0) is 43.4 Å². The molecule has 0 aliphatic carbocycles. The molecule has 0 atom stereocenters. The van der Waals surface area contributed by atoms with Crippen molar-refractivity contribution in [1.82, 2.24) is 9.62 Å². The van der Waals surface area contributed by atoms with Crippen LogP contribution in [0.25, 0.3) is 0 Å². The molecule has 0 aromatic heterocycles. The highest BCUT2D eigenvalue weighted by Gasteiger charge is 2.27. The molecule has 0 radical (unpaired) electrons. The van der Waals surface area contributed by atoms with Gasteiger partial charge >= 0.3 is 0 Å². The molecule has 1 heterocycles. The van der Waals surface area contributed by atoms with Crippen molar-refractivity contribution in [1.29, 1.82) is 0 Å². The molecule has 7 heteroatoms. The Morgan fingerprint density at radius 2 is 1.92 bits per heavy atom. The lowest BCUT2D eigenvalue weighted by atomic mass is 10.1. The van der Waals surface area contributed by atoms with Gasteiger partial charge in [-0.2, -0.15) is 4.31 Å². The van der Waals surface area contributed by atoms with Crippen LogP contribution in [0.1, 0.15) is 49.9 Å². The normalized spacial score (nSPS) is 16.0. The summed E-state index contributed by atoms with van der Waals surface area (Å²) in [6.45, 7) is 5.77. The topological polar surface area (TPSA) is 75.7 Å². The number of ether oxygens (including phenoxy) is 1. The second-order valence-electron chi connectivity index (χ2n) is 6.77. The molecule has 25 heavy (non-hydrogen) atoms. The van der Waals surface area contributed by atoms with E-state index in [2.05, 4.69) is 19.2 Å². The van der Waals surface area contributed by atoms with E-state index in [1.807, 2.05) is 0 Å². The number of carbonyl (C=O) groups excluding carboxylic acids is 1. The number of carbonyl (C=O) groups is 1. The van der Waals surface area contributed by atoms with Crippen molar-refractivity contribution in [2.45, 2.75) is 44.4 Å². The SMILES string of the molecule is COc1ccc(S(=O)(=O)N2CCCCC2)cc1C(=O)NCCC(C)C. The smallest absolute Gasteiger partial charge is 0.255 e. The van der Waals surface area contributed by atoms with Crippen molar-refractivity contribution in [3.05, 3.63) is 23.8 Å². The first-order valence-electron chi connectivity index (χ1n) is 8.82. The molecule has 1 amide bonds. The summed E-state index contributed by atoms with van der Waals surface area (Å²) in [7, 11) is -2.11. The van der Waals surface area contributed by atoms with Gasteiger partial charge in [-0.15, -0.1) is 0 Å². The molecule has 1 aromatic carbocycles. The Hall–Kier alpha value is -1.60. The van der Waals surface area contributed by atoms with E-state index >= 15 is 0 Å². The quantitative estimate of drug-likeness (QED) is 0.803. The third-order valence-electron chi connectivity index (χ3n) is 4.38. The number of nitrogens with zero attached hydrogens (tertiary/aromatic N) is 1. The third-order valence-corrected chi connectivity index (χ3v) is 6.27. The van der Waals surface area contributed by atoms with Crippen LogP contribution >= 0.6 is 0 Å². The predicted molar refractivity (Wildman–Crippen MR) is 97.4 cm³/mol. The number of methoxy groups -OCH3 is 1. The number of hydrogen-bond donors (Lipinski definition) is 1. The van der Waals surface area contributed by atoms with Gasteiger partial charge in [0.05, 0.1) is 17.6 Å². The number of sulfonamides is 1. The van der Waals surface area contributed by atoms with E-state index in [9.17, 15) is 13.2 Å². The number of benzene rings is 1. The van der Waals surface area contributed by atoms with E-state index in [4.69, 9.17) is 4.74 Å². The molecular weight excluding hydrogens is 340 g/mol. The lowest BCUT2D eigenvalue weighted by Gasteiger charge is -2.26. The molecule has 1 aliphatic heterocycles. The molecule has 1 aliphatic rings. The fourth-order valence-electron chi connectivity index (χ4n) is 2.85. The van der Waals surface area contributed by atoms with Gasteiger partial charge in [-0.1, -0.05) is 20.3 Å². The van der Waals surface area contributed by atoms with Gasteiger partial charge in [-0.3, -0.25) is 4.79 Å². The third kappa shape index (κ3) is 4.95. The molecule has 1 aromatic rings. The summed E-state index contributed by atoms with van der Waals surface area (Å²) in [5, 5.41) is 2.84. The van der Waals surface area contributed by atoms with Crippen LogP contribution < -0.4 is 10.1 Å². The zero-order chi connectivity index (χ0) is 18.4. The average molecular weight is 368 g/mol. The number of piperidine rings is 1. The summed E-state index contributed by atoms with van der Waals surface area (Å²) >= 11 is 0. The molecule has 0 saturated carbocycles. The maximum atomic E-state index is 12.8. The van der Waals surface area contributed by atoms with Crippen LogP contribution in [0.5, 0.6) is 5.75 Å². The average Bonchev–Trinajstić information content (AvgIpc) is 2.61. The summed E-state index contributed by atoms with van der Waals surface area (Å²) in [6, 6.07) is 4.48. The van der Waals surface area contributed by atoms with Gasteiger partial charge in [-0.25, -0.2) is 8.42 Å². The minimum Gasteiger partial charge on any atom is -0.496 e. The molecule has 1 fully saturated rings. The molecule has 140 valence electrons. The molecule has 1 N–H and O–H groups in total.